The van der Waals surface area contributed by atoms with Gasteiger partial charge in [0, 0.05) is 23.5 Å². The molecule has 0 saturated carbocycles. The number of carboxylic acid groups (broad SMARTS) is 2. The Morgan fingerprint density at radius 1 is 1.27 bits per heavy atom. The molecule has 6 nitrogen and oxygen atoms in total. The van der Waals surface area contributed by atoms with Crippen LogP contribution in [-0.4, -0.2) is 34.1 Å². The molecule has 0 saturated heterocycles. The van der Waals surface area contributed by atoms with E-state index < -0.39 is 30.3 Å². The van der Waals surface area contributed by atoms with Crippen LogP contribution in [0.2, 0.25) is 0 Å². The van der Waals surface area contributed by atoms with Crippen molar-refractivity contribution < 1.29 is 41.7 Å². The fraction of sp³-hybridized carbons (Fsp3) is 0.625. The molecule has 1 atom stereocenters. The molecule has 0 spiro atoms. The Kier molecular flexibility index (Phi) is 9.01. The maximum absolute atomic E-state index is 11.0. The third-order valence-electron chi connectivity index (χ3n) is 1.49. The van der Waals surface area contributed by atoms with E-state index in [0.29, 0.717) is 6.42 Å². The van der Waals surface area contributed by atoms with E-state index in [1.165, 1.54) is 0 Å². The molecular formula is C8H13FeNO5. The molecule has 88 valence electrons. The Labute approximate surface area is 97.5 Å². The average molecular weight is 259 g/mol. The van der Waals surface area contributed by atoms with Gasteiger partial charge in [0.2, 0.25) is 5.91 Å². The third kappa shape index (κ3) is 7.96. The quantitative estimate of drug-likeness (QED) is 0.574. The molecular weight excluding hydrogens is 246 g/mol. The summed E-state index contributed by atoms with van der Waals surface area (Å²) >= 11 is 0. The molecule has 0 aromatic carbocycles. The fourth-order valence-electron chi connectivity index (χ4n) is 0.868. The molecule has 0 aliphatic heterocycles. The van der Waals surface area contributed by atoms with Gasteiger partial charge in [0.05, 0.1) is 6.42 Å². The minimum atomic E-state index is -1.34. The van der Waals surface area contributed by atoms with E-state index in [4.69, 9.17) is 10.2 Å². The van der Waals surface area contributed by atoms with Gasteiger partial charge in [-0.2, -0.15) is 0 Å². The van der Waals surface area contributed by atoms with Crippen LogP contribution in [0.15, 0.2) is 0 Å². The Balaban J connectivity index is 0. The van der Waals surface area contributed by atoms with Crippen molar-refractivity contribution in [3.8, 4) is 0 Å². The first-order chi connectivity index (χ1) is 6.47. The number of amides is 1. The smallest absolute Gasteiger partial charge is 0.326 e. The van der Waals surface area contributed by atoms with Crippen molar-refractivity contribution in [2.45, 2.75) is 32.2 Å². The zero-order valence-electron chi connectivity index (χ0n) is 8.17. The van der Waals surface area contributed by atoms with Gasteiger partial charge in [-0.1, -0.05) is 6.92 Å². The van der Waals surface area contributed by atoms with E-state index in [1.54, 1.807) is 6.92 Å². The van der Waals surface area contributed by atoms with Crippen molar-refractivity contribution in [3.05, 3.63) is 0 Å². The minimum Gasteiger partial charge on any atom is -0.481 e. The standard InChI is InChI=1S/C8H13NO5.Fe/c1-2-3-6(10)9-5(8(13)14)4-7(11)12;/h5H,2-4H2,1H3,(H,9,10)(H,11,12)(H,13,14);. The Morgan fingerprint density at radius 3 is 2.13 bits per heavy atom. The van der Waals surface area contributed by atoms with Gasteiger partial charge in [-0.15, -0.1) is 0 Å². The number of carbonyl (C=O) groups is 3. The molecule has 15 heavy (non-hydrogen) atoms. The normalized spacial score (nSPS) is 11.0. The number of hydrogen-bond donors (Lipinski definition) is 3. The molecule has 0 radical (unpaired) electrons. The second-order valence-electron chi connectivity index (χ2n) is 2.81. The molecule has 0 bridgehead atoms. The summed E-state index contributed by atoms with van der Waals surface area (Å²) in [6.07, 6.45) is 0.180. The van der Waals surface area contributed by atoms with Crippen LogP contribution in [-0.2, 0) is 31.5 Å². The van der Waals surface area contributed by atoms with Gasteiger partial charge in [-0.25, -0.2) is 4.79 Å². The van der Waals surface area contributed by atoms with Crippen molar-refractivity contribution in [3.63, 3.8) is 0 Å². The van der Waals surface area contributed by atoms with Crippen molar-refractivity contribution in [1.29, 1.82) is 0 Å². The summed E-state index contributed by atoms with van der Waals surface area (Å²) in [7, 11) is 0. The number of rotatable bonds is 6. The molecule has 0 heterocycles. The van der Waals surface area contributed by atoms with E-state index in [0.717, 1.165) is 0 Å². The van der Waals surface area contributed by atoms with Gasteiger partial charge < -0.3 is 15.5 Å². The number of hydrogen-bond acceptors (Lipinski definition) is 3. The number of carbonyl (C=O) groups excluding carboxylic acids is 1. The SMILES string of the molecule is CCCC(=O)NC(CC(=O)O)C(=O)O.[Fe]. The van der Waals surface area contributed by atoms with Gasteiger partial charge in [0.1, 0.15) is 6.04 Å². The van der Waals surface area contributed by atoms with Crippen LogP contribution in [0.5, 0.6) is 0 Å². The van der Waals surface area contributed by atoms with E-state index >= 15 is 0 Å². The van der Waals surface area contributed by atoms with Gasteiger partial charge in [-0.3, -0.25) is 9.59 Å². The van der Waals surface area contributed by atoms with E-state index in [1.807, 2.05) is 0 Å². The van der Waals surface area contributed by atoms with Crippen LogP contribution >= 0.6 is 0 Å². The molecule has 3 N–H and O–H groups in total. The van der Waals surface area contributed by atoms with E-state index in [-0.39, 0.29) is 23.5 Å². The maximum atomic E-state index is 11.0. The van der Waals surface area contributed by atoms with Crippen LogP contribution in [0.4, 0.5) is 0 Å². The van der Waals surface area contributed by atoms with Gasteiger partial charge in [0.25, 0.3) is 0 Å². The van der Waals surface area contributed by atoms with Crippen LogP contribution in [0.1, 0.15) is 26.2 Å². The van der Waals surface area contributed by atoms with Crippen LogP contribution in [0.3, 0.4) is 0 Å². The van der Waals surface area contributed by atoms with Crippen LogP contribution in [0.25, 0.3) is 0 Å². The summed E-state index contributed by atoms with van der Waals surface area (Å²) in [5, 5.41) is 19.1. The molecule has 0 aliphatic rings. The monoisotopic (exact) mass is 259 g/mol. The van der Waals surface area contributed by atoms with Crippen LogP contribution < -0.4 is 5.32 Å². The van der Waals surface area contributed by atoms with Gasteiger partial charge >= 0.3 is 11.9 Å². The molecule has 1 amide bonds. The zero-order chi connectivity index (χ0) is 11.1. The summed E-state index contributed by atoms with van der Waals surface area (Å²) in [5.74, 6) is -3.03. The first-order valence-corrected chi connectivity index (χ1v) is 4.21. The number of aliphatic carboxylic acids is 2. The molecule has 0 aliphatic carbocycles. The molecule has 0 aromatic rings. The van der Waals surface area contributed by atoms with Crippen molar-refractivity contribution in [1.82, 2.24) is 5.32 Å². The second-order valence-corrected chi connectivity index (χ2v) is 2.81. The first-order valence-electron chi connectivity index (χ1n) is 4.21. The minimum absolute atomic E-state index is 0. The Hall–Kier alpha value is -1.07. The zero-order valence-corrected chi connectivity index (χ0v) is 9.28. The first kappa shape index (κ1) is 16.4. The fourth-order valence-corrected chi connectivity index (χ4v) is 0.868. The molecule has 1 unspecified atom stereocenters. The summed E-state index contributed by atoms with van der Waals surface area (Å²) < 4.78 is 0. The predicted molar refractivity (Wildman–Crippen MR) is 46.7 cm³/mol. The Morgan fingerprint density at radius 2 is 1.80 bits per heavy atom. The summed E-state index contributed by atoms with van der Waals surface area (Å²) in [4.78, 5) is 31.7. The average Bonchev–Trinajstić information content (AvgIpc) is 2.02. The number of carboxylic acids is 2. The van der Waals surface area contributed by atoms with Crippen molar-refractivity contribution >= 4 is 17.8 Å². The second kappa shape index (κ2) is 8.26. The number of nitrogens with one attached hydrogen (secondary N) is 1. The molecule has 0 fully saturated rings. The van der Waals surface area contributed by atoms with E-state index in [9.17, 15) is 14.4 Å². The largest absolute Gasteiger partial charge is 0.481 e. The Bertz CT molecular complexity index is 243. The molecule has 7 heteroatoms. The summed E-state index contributed by atoms with van der Waals surface area (Å²) in [6.45, 7) is 1.77. The maximum Gasteiger partial charge on any atom is 0.326 e. The predicted octanol–water partition coefficient (Wildman–Crippen LogP) is -0.172. The molecule has 0 aromatic heterocycles. The topological polar surface area (TPSA) is 104 Å². The van der Waals surface area contributed by atoms with Gasteiger partial charge in [0.15, 0.2) is 0 Å². The van der Waals surface area contributed by atoms with Crippen molar-refractivity contribution in [2.75, 3.05) is 0 Å². The molecule has 0 rings (SSSR count). The van der Waals surface area contributed by atoms with E-state index in [2.05, 4.69) is 5.32 Å². The van der Waals surface area contributed by atoms with Crippen molar-refractivity contribution in [2.24, 2.45) is 0 Å². The van der Waals surface area contributed by atoms with Crippen LogP contribution in [0, 0.1) is 0 Å². The summed E-state index contributed by atoms with van der Waals surface area (Å²) in [5.41, 5.74) is 0. The third-order valence-corrected chi connectivity index (χ3v) is 1.49. The summed E-state index contributed by atoms with van der Waals surface area (Å²) in [6, 6.07) is -1.34. The van der Waals surface area contributed by atoms with Gasteiger partial charge in [-0.05, 0) is 6.42 Å².